The van der Waals surface area contributed by atoms with E-state index in [1.807, 2.05) is 6.20 Å². The van der Waals surface area contributed by atoms with Crippen molar-refractivity contribution < 1.29 is 4.79 Å². The maximum atomic E-state index is 11.2. The van der Waals surface area contributed by atoms with Gasteiger partial charge in [-0.15, -0.1) is 11.3 Å². The number of anilines is 1. The highest BCUT2D eigenvalue weighted by molar-refractivity contribution is 7.15. The van der Waals surface area contributed by atoms with E-state index in [0.717, 1.165) is 0 Å². The number of aromatic nitrogens is 1. The summed E-state index contributed by atoms with van der Waals surface area (Å²) in [6.45, 7) is 4.52. The van der Waals surface area contributed by atoms with Crippen LogP contribution in [0.3, 0.4) is 0 Å². The van der Waals surface area contributed by atoms with Crippen LogP contribution in [0, 0.1) is 0 Å². The third kappa shape index (κ3) is 3.08. The van der Waals surface area contributed by atoms with Gasteiger partial charge in [0.1, 0.15) is 0 Å². The first kappa shape index (κ1) is 11.1. The summed E-state index contributed by atoms with van der Waals surface area (Å²) in [5.41, 5.74) is 0. The van der Waals surface area contributed by atoms with Crippen molar-refractivity contribution in [3.05, 3.63) is 11.1 Å². The lowest BCUT2D eigenvalue weighted by Crippen LogP contribution is -2.24. The molecule has 0 fully saturated rings. The Labute approximate surface area is 87.7 Å². The largest absolute Gasteiger partial charge is 0.311 e. The number of likely N-dealkylation sites (N-methyl/N-ethyl adjacent to an activating group) is 1. The first-order chi connectivity index (χ1) is 6.63. The molecule has 4 nitrogen and oxygen atoms in total. The van der Waals surface area contributed by atoms with Crippen LogP contribution in [0.25, 0.3) is 0 Å². The van der Waals surface area contributed by atoms with Gasteiger partial charge in [-0.1, -0.05) is 13.8 Å². The summed E-state index contributed by atoms with van der Waals surface area (Å²) < 4.78 is 0. The van der Waals surface area contributed by atoms with Gasteiger partial charge in [0.05, 0.1) is 6.54 Å². The molecule has 2 N–H and O–H groups in total. The number of hydrogen-bond donors (Lipinski definition) is 2. The molecule has 0 aliphatic rings. The third-order valence-corrected chi connectivity index (χ3v) is 2.89. The molecule has 0 aliphatic carbocycles. The number of nitrogens with zero attached hydrogens (tertiary/aromatic N) is 1. The lowest BCUT2D eigenvalue weighted by Gasteiger charge is -1.99. The minimum atomic E-state index is -0.0582. The van der Waals surface area contributed by atoms with E-state index in [0.29, 0.717) is 17.6 Å². The topological polar surface area (TPSA) is 54.0 Å². The van der Waals surface area contributed by atoms with Crippen molar-refractivity contribution in [3.63, 3.8) is 0 Å². The molecule has 5 heteroatoms. The fourth-order valence-corrected chi connectivity index (χ4v) is 1.77. The van der Waals surface area contributed by atoms with E-state index in [9.17, 15) is 4.79 Å². The van der Waals surface area contributed by atoms with E-state index in [1.54, 1.807) is 7.05 Å². The van der Waals surface area contributed by atoms with Crippen molar-refractivity contribution >= 4 is 22.4 Å². The van der Waals surface area contributed by atoms with E-state index in [1.165, 1.54) is 16.2 Å². The minimum Gasteiger partial charge on any atom is -0.311 e. The Balaban J connectivity index is 2.55. The van der Waals surface area contributed by atoms with E-state index in [-0.39, 0.29) is 5.91 Å². The average Bonchev–Trinajstić information content (AvgIpc) is 2.53. The van der Waals surface area contributed by atoms with Gasteiger partial charge in [0.2, 0.25) is 5.91 Å². The van der Waals surface area contributed by atoms with Crippen LogP contribution >= 0.6 is 11.3 Å². The number of carbonyl (C=O) groups is 1. The smallest absolute Gasteiger partial charge is 0.240 e. The van der Waals surface area contributed by atoms with E-state index >= 15 is 0 Å². The zero-order valence-corrected chi connectivity index (χ0v) is 9.44. The standard InChI is InChI=1S/C9H15N3OS/c1-6(2)7-4-11-9(14-7)12-8(13)5-10-3/h4,6,10H,5H2,1-3H3,(H,11,12,13). The van der Waals surface area contributed by atoms with Crippen molar-refractivity contribution in [3.8, 4) is 0 Å². The second-order valence-electron chi connectivity index (χ2n) is 3.30. The van der Waals surface area contributed by atoms with Gasteiger partial charge in [-0.2, -0.15) is 0 Å². The predicted octanol–water partition coefficient (Wildman–Crippen LogP) is 1.42. The fourth-order valence-electron chi connectivity index (χ4n) is 0.935. The van der Waals surface area contributed by atoms with Gasteiger partial charge < -0.3 is 10.6 Å². The van der Waals surface area contributed by atoms with Crippen molar-refractivity contribution in [1.82, 2.24) is 10.3 Å². The van der Waals surface area contributed by atoms with Gasteiger partial charge >= 0.3 is 0 Å². The Hall–Kier alpha value is -0.940. The second-order valence-corrected chi connectivity index (χ2v) is 4.36. The SMILES string of the molecule is CNCC(=O)Nc1ncc(C(C)C)s1. The second kappa shape index (κ2) is 5.07. The van der Waals surface area contributed by atoms with E-state index in [2.05, 4.69) is 29.5 Å². The molecule has 1 heterocycles. The zero-order chi connectivity index (χ0) is 10.6. The summed E-state index contributed by atoms with van der Waals surface area (Å²) in [5.74, 6) is 0.402. The Bertz CT molecular complexity index is 309. The molecule has 1 amide bonds. The molecule has 0 unspecified atom stereocenters. The van der Waals surface area contributed by atoms with Gasteiger partial charge in [0.25, 0.3) is 0 Å². The Kier molecular flexibility index (Phi) is 4.03. The number of nitrogens with one attached hydrogen (secondary N) is 2. The molecular weight excluding hydrogens is 198 g/mol. The van der Waals surface area contributed by atoms with E-state index < -0.39 is 0 Å². The van der Waals surface area contributed by atoms with Crippen LogP contribution in [-0.2, 0) is 4.79 Å². The Morgan fingerprint density at radius 1 is 1.64 bits per heavy atom. The molecule has 0 bridgehead atoms. The lowest BCUT2D eigenvalue weighted by atomic mass is 10.2. The molecule has 0 saturated carbocycles. The van der Waals surface area contributed by atoms with Gasteiger partial charge in [0.15, 0.2) is 5.13 Å². The zero-order valence-electron chi connectivity index (χ0n) is 8.63. The highest BCUT2D eigenvalue weighted by Crippen LogP contribution is 2.24. The minimum absolute atomic E-state index is 0.0582. The maximum absolute atomic E-state index is 11.2. The number of hydrogen-bond acceptors (Lipinski definition) is 4. The molecule has 0 aromatic carbocycles. The van der Waals surface area contributed by atoms with E-state index in [4.69, 9.17) is 0 Å². The monoisotopic (exact) mass is 213 g/mol. The van der Waals surface area contributed by atoms with Crippen LogP contribution in [0.4, 0.5) is 5.13 Å². The molecule has 0 spiro atoms. The summed E-state index contributed by atoms with van der Waals surface area (Å²) >= 11 is 1.52. The third-order valence-electron chi connectivity index (χ3n) is 1.68. The normalized spacial score (nSPS) is 10.6. The predicted molar refractivity (Wildman–Crippen MR) is 58.8 cm³/mol. The summed E-state index contributed by atoms with van der Waals surface area (Å²) in [6.07, 6.45) is 1.81. The first-order valence-electron chi connectivity index (χ1n) is 4.53. The quantitative estimate of drug-likeness (QED) is 0.795. The fraction of sp³-hybridized carbons (Fsp3) is 0.556. The Morgan fingerprint density at radius 3 is 2.86 bits per heavy atom. The molecule has 0 radical (unpaired) electrons. The highest BCUT2D eigenvalue weighted by atomic mass is 32.1. The molecule has 0 aliphatic heterocycles. The van der Waals surface area contributed by atoms with Crippen LogP contribution in [0.2, 0.25) is 0 Å². The summed E-state index contributed by atoms with van der Waals surface area (Å²) in [6, 6.07) is 0. The number of rotatable bonds is 4. The number of amides is 1. The summed E-state index contributed by atoms with van der Waals surface area (Å²) in [5, 5.41) is 6.18. The molecule has 14 heavy (non-hydrogen) atoms. The van der Waals surface area contributed by atoms with Crippen LogP contribution in [0.1, 0.15) is 24.6 Å². The van der Waals surface area contributed by atoms with Crippen molar-refractivity contribution in [2.45, 2.75) is 19.8 Å². The molecular formula is C9H15N3OS. The van der Waals surface area contributed by atoms with Crippen LogP contribution in [0.5, 0.6) is 0 Å². The van der Waals surface area contributed by atoms with Crippen molar-refractivity contribution in [2.24, 2.45) is 0 Å². The average molecular weight is 213 g/mol. The summed E-state index contributed by atoms with van der Waals surface area (Å²) in [4.78, 5) is 16.5. The Morgan fingerprint density at radius 2 is 2.36 bits per heavy atom. The molecule has 1 aromatic rings. The van der Waals surface area contributed by atoms with Crippen molar-refractivity contribution in [1.29, 1.82) is 0 Å². The molecule has 0 atom stereocenters. The lowest BCUT2D eigenvalue weighted by molar-refractivity contribution is -0.115. The first-order valence-corrected chi connectivity index (χ1v) is 5.35. The number of carbonyl (C=O) groups excluding carboxylic acids is 1. The van der Waals surface area contributed by atoms with Crippen molar-refractivity contribution in [2.75, 3.05) is 18.9 Å². The maximum Gasteiger partial charge on any atom is 0.240 e. The number of thiazole rings is 1. The van der Waals surface area contributed by atoms with Crippen LogP contribution < -0.4 is 10.6 Å². The van der Waals surface area contributed by atoms with Gasteiger partial charge in [-0.3, -0.25) is 4.79 Å². The molecule has 1 aromatic heterocycles. The van der Waals surface area contributed by atoms with Gasteiger partial charge in [0, 0.05) is 11.1 Å². The molecule has 0 saturated heterocycles. The molecule has 78 valence electrons. The summed E-state index contributed by atoms with van der Waals surface area (Å²) in [7, 11) is 1.74. The van der Waals surface area contributed by atoms with Crippen LogP contribution in [-0.4, -0.2) is 24.5 Å². The van der Waals surface area contributed by atoms with Gasteiger partial charge in [-0.05, 0) is 13.0 Å². The highest BCUT2D eigenvalue weighted by Gasteiger charge is 2.07. The van der Waals surface area contributed by atoms with Gasteiger partial charge in [-0.25, -0.2) is 4.98 Å². The molecule has 1 rings (SSSR count). The van der Waals surface area contributed by atoms with Crippen LogP contribution in [0.15, 0.2) is 6.20 Å².